The van der Waals surface area contributed by atoms with Gasteiger partial charge in [-0.1, -0.05) is 11.6 Å². The Morgan fingerprint density at radius 1 is 1.75 bits per heavy atom. The molecule has 0 unspecified atom stereocenters. The summed E-state index contributed by atoms with van der Waals surface area (Å²) in [5, 5.41) is 10.3. The van der Waals surface area contributed by atoms with E-state index in [-0.39, 0.29) is 10.8 Å². The Morgan fingerprint density at radius 3 is 2.75 bits per heavy atom. The third-order valence-corrected chi connectivity index (χ3v) is 2.58. The van der Waals surface area contributed by atoms with Crippen LogP contribution in [0.3, 0.4) is 0 Å². The van der Waals surface area contributed by atoms with Crippen LogP contribution in [0.25, 0.3) is 0 Å². The fourth-order valence-electron chi connectivity index (χ4n) is 0.704. The highest BCUT2D eigenvalue weighted by molar-refractivity contribution is 9.10. The minimum absolute atomic E-state index is 0.0996. The molecule has 1 aromatic rings. The van der Waals surface area contributed by atoms with Gasteiger partial charge in [-0.25, -0.2) is 4.98 Å². The van der Waals surface area contributed by atoms with Crippen LogP contribution in [-0.2, 0) is 0 Å². The Bertz CT molecular complexity index is 343. The molecule has 1 aromatic heterocycles. The number of pyridine rings is 1. The molecule has 4 nitrogen and oxygen atoms in total. The maximum Gasteiger partial charge on any atom is 0.320 e. The van der Waals surface area contributed by atoms with E-state index in [4.69, 9.17) is 11.6 Å². The Balaban J connectivity index is 3.43. The van der Waals surface area contributed by atoms with Crippen LogP contribution in [0.15, 0.2) is 10.7 Å². The van der Waals surface area contributed by atoms with Gasteiger partial charge in [-0.15, -0.1) is 0 Å². The first-order valence-corrected chi connectivity index (χ1v) is 4.16. The van der Waals surface area contributed by atoms with Crippen LogP contribution in [0.5, 0.6) is 0 Å². The normalized spacial score (nSPS) is 9.92. The van der Waals surface area contributed by atoms with Gasteiger partial charge in [0, 0.05) is 6.20 Å². The molecule has 0 aliphatic rings. The van der Waals surface area contributed by atoms with Crippen LogP contribution in [-0.4, -0.2) is 9.91 Å². The standard InChI is InChI=1S/C6H4BrClN2O2/c1-3-2-9-6(8)5(4(3)7)10(11)12/h2H,1H3. The highest BCUT2D eigenvalue weighted by Crippen LogP contribution is 2.32. The van der Waals surface area contributed by atoms with E-state index in [1.807, 2.05) is 0 Å². The Hall–Kier alpha value is -0.680. The molecule has 1 heterocycles. The fraction of sp³-hybridized carbons (Fsp3) is 0.167. The van der Waals surface area contributed by atoms with E-state index in [0.717, 1.165) is 0 Å². The molecule has 12 heavy (non-hydrogen) atoms. The summed E-state index contributed by atoms with van der Waals surface area (Å²) in [5.41, 5.74) is 0.503. The minimum atomic E-state index is -0.563. The van der Waals surface area contributed by atoms with Crippen molar-refractivity contribution in [2.45, 2.75) is 6.92 Å². The number of hydrogen-bond donors (Lipinski definition) is 0. The van der Waals surface area contributed by atoms with Crippen molar-refractivity contribution in [1.29, 1.82) is 0 Å². The monoisotopic (exact) mass is 250 g/mol. The van der Waals surface area contributed by atoms with Crippen LogP contribution in [0.2, 0.25) is 5.15 Å². The molecular weight excluding hydrogens is 247 g/mol. The smallest absolute Gasteiger partial charge is 0.258 e. The first kappa shape index (κ1) is 9.41. The van der Waals surface area contributed by atoms with Gasteiger partial charge in [0.15, 0.2) is 0 Å². The first-order valence-electron chi connectivity index (χ1n) is 2.99. The van der Waals surface area contributed by atoms with Crippen LogP contribution >= 0.6 is 27.5 Å². The number of nitro groups is 1. The average molecular weight is 251 g/mol. The number of aromatic nitrogens is 1. The van der Waals surface area contributed by atoms with Crippen LogP contribution in [0.1, 0.15) is 5.56 Å². The topological polar surface area (TPSA) is 56.0 Å². The second kappa shape index (κ2) is 3.37. The van der Waals surface area contributed by atoms with Gasteiger partial charge in [-0.05, 0) is 28.4 Å². The summed E-state index contributed by atoms with van der Waals surface area (Å²) in [6.45, 7) is 1.71. The van der Waals surface area contributed by atoms with E-state index < -0.39 is 4.92 Å². The zero-order valence-corrected chi connectivity index (χ0v) is 8.39. The van der Waals surface area contributed by atoms with Crippen molar-refractivity contribution >= 4 is 33.2 Å². The second-order valence-corrected chi connectivity index (χ2v) is 3.30. The lowest BCUT2D eigenvalue weighted by Crippen LogP contribution is -1.94. The van der Waals surface area contributed by atoms with Crippen LogP contribution in [0.4, 0.5) is 5.69 Å². The van der Waals surface area contributed by atoms with Crippen LogP contribution < -0.4 is 0 Å². The maximum absolute atomic E-state index is 10.4. The van der Waals surface area contributed by atoms with E-state index in [2.05, 4.69) is 20.9 Å². The molecule has 0 amide bonds. The highest BCUT2D eigenvalue weighted by Gasteiger charge is 2.19. The third-order valence-electron chi connectivity index (χ3n) is 1.30. The van der Waals surface area contributed by atoms with Gasteiger partial charge in [-0.2, -0.15) is 0 Å². The molecule has 64 valence electrons. The Morgan fingerprint density at radius 2 is 2.33 bits per heavy atom. The van der Waals surface area contributed by atoms with Crippen LogP contribution in [0, 0.1) is 17.0 Å². The number of nitrogens with zero attached hydrogens (tertiary/aromatic N) is 2. The number of aryl methyl sites for hydroxylation is 1. The zero-order chi connectivity index (χ0) is 9.30. The van der Waals surface area contributed by atoms with Crippen molar-refractivity contribution in [3.63, 3.8) is 0 Å². The molecule has 0 aliphatic heterocycles. The molecule has 0 saturated heterocycles. The summed E-state index contributed by atoms with van der Waals surface area (Å²) >= 11 is 8.58. The number of rotatable bonds is 1. The molecule has 0 saturated carbocycles. The lowest BCUT2D eigenvalue weighted by atomic mass is 10.3. The molecule has 1 rings (SSSR count). The molecule has 0 spiro atoms. The SMILES string of the molecule is Cc1cnc(Cl)c([N+](=O)[O-])c1Br. The average Bonchev–Trinajstić information content (AvgIpc) is 1.97. The van der Waals surface area contributed by atoms with Gasteiger partial charge in [0.05, 0.1) is 4.92 Å². The van der Waals surface area contributed by atoms with Crippen molar-refractivity contribution in [1.82, 2.24) is 4.98 Å². The van der Waals surface area contributed by atoms with E-state index in [0.29, 0.717) is 10.0 Å². The molecule has 0 aromatic carbocycles. The molecular formula is C6H4BrClN2O2. The largest absolute Gasteiger partial charge is 0.320 e. The van der Waals surface area contributed by atoms with Crippen molar-refractivity contribution < 1.29 is 4.92 Å². The molecule has 0 N–H and O–H groups in total. The van der Waals surface area contributed by atoms with Crippen molar-refractivity contribution in [2.24, 2.45) is 0 Å². The first-order chi connectivity index (χ1) is 5.54. The van der Waals surface area contributed by atoms with Gasteiger partial charge in [0.1, 0.15) is 4.47 Å². The fourth-order valence-corrected chi connectivity index (χ4v) is 1.47. The number of hydrogen-bond acceptors (Lipinski definition) is 3. The van der Waals surface area contributed by atoms with E-state index >= 15 is 0 Å². The predicted octanol–water partition coefficient (Wildman–Crippen LogP) is 2.71. The summed E-state index contributed by atoms with van der Waals surface area (Å²) in [4.78, 5) is 13.5. The summed E-state index contributed by atoms with van der Waals surface area (Å²) < 4.78 is 0.382. The molecule has 0 bridgehead atoms. The van der Waals surface area contributed by atoms with E-state index in [1.165, 1.54) is 6.20 Å². The lowest BCUT2D eigenvalue weighted by Gasteiger charge is -1.99. The van der Waals surface area contributed by atoms with Gasteiger partial charge in [0.2, 0.25) is 5.15 Å². The van der Waals surface area contributed by atoms with Gasteiger partial charge < -0.3 is 0 Å². The minimum Gasteiger partial charge on any atom is -0.258 e. The van der Waals surface area contributed by atoms with Gasteiger partial charge in [-0.3, -0.25) is 10.1 Å². The van der Waals surface area contributed by atoms with Gasteiger partial charge >= 0.3 is 5.69 Å². The highest BCUT2D eigenvalue weighted by atomic mass is 79.9. The van der Waals surface area contributed by atoms with Crippen molar-refractivity contribution in [3.05, 3.63) is 31.5 Å². The quantitative estimate of drug-likeness (QED) is 0.438. The summed E-state index contributed by atoms with van der Waals surface area (Å²) in [6.07, 6.45) is 1.47. The Kier molecular flexibility index (Phi) is 2.64. The van der Waals surface area contributed by atoms with E-state index in [9.17, 15) is 10.1 Å². The molecule has 0 atom stereocenters. The molecule has 0 aliphatic carbocycles. The molecule has 6 heteroatoms. The summed E-state index contributed by atoms with van der Waals surface area (Å²) in [7, 11) is 0. The zero-order valence-electron chi connectivity index (χ0n) is 6.04. The Labute approximate surface area is 81.8 Å². The summed E-state index contributed by atoms with van der Waals surface area (Å²) in [6, 6.07) is 0. The molecule has 0 radical (unpaired) electrons. The van der Waals surface area contributed by atoms with E-state index in [1.54, 1.807) is 6.92 Å². The summed E-state index contributed by atoms with van der Waals surface area (Å²) in [5.74, 6) is 0. The maximum atomic E-state index is 10.4. The lowest BCUT2D eigenvalue weighted by molar-refractivity contribution is -0.385. The number of halogens is 2. The third kappa shape index (κ3) is 1.56. The van der Waals surface area contributed by atoms with Crippen molar-refractivity contribution in [2.75, 3.05) is 0 Å². The predicted molar refractivity (Wildman–Crippen MR) is 48.3 cm³/mol. The molecule has 0 fully saturated rings. The van der Waals surface area contributed by atoms with Gasteiger partial charge in [0.25, 0.3) is 0 Å². The van der Waals surface area contributed by atoms with Crippen molar-refractivity contribution in [3.8, 4) is 0 Å². The second-order valence-electron chi connectivity index (χ2n) is 2.15.